The van der Waals surface area contributed by atoms with Crippen molar-refractivity contribution in [1.29, 1.82) is 0 Å². The second-order valence-electron chi connectivity index (χ2n) is 5.44. The van der Waals surface area contributed by atoms with Crippen molar-refractivity contribution in [3.05, 3.63) is 56.7 Å². The lowest BCUT2D eigenvalue weighted by Gasteiger charge is -2.18. The van der Waals surface area contributed by atoms with Crippen molar-refractivity contribution in [2.75, 3.05) is 0 Å². The van der Waals surface area contributed by atoms with E-state index < -0.39 is 0 Å². The lowest BCUT2D eigenvalue weighted by molar-refractivity contribution is 0.590. The monoisotopic (exact) mass is 288 g/mol. The molecule has 1 N–H and O–H groups in total. The van der Waals surface area contributed by atoms with E-state index in [1.165, 1.54) is 5.56 Å². The van der Waals surface area contributed by atoms with Gasteiger partial charge in [0.15, 0.2) is 0 Å². The summed E-state index contributed by atoms with van der Waals surface area (Å²) >= 11 is 4.96. The molecule has 0 aliphatic carbocycles. The van der Waals surface area contributed by atoms with Crippen LogP contribution in [-0.2, 0) is 5.41 Å². The minimum Gasteiger partial charge on any atom is -0.265 e. The number of nitrogens with one attached hydrogen (secondary N) is 1. The zero-order chi connectivity index (χ0) is 14.8. The molecule has 2 aromatic rings. The van der Waals surface area contributed by atoms with Gasteiger partial charge in [-0.05, 0) is 28.8 Å². The summed E-state index contributed by atoms with van der Waals surface area (Å²) in [6.07, 6.45) is 2.73. The Kier molecular flexibility index (Phi) is 3.94. The first-order chi connectivity index (χ1) is 9.38. The minimum absolute atomic E-state index is 0.112. The average Bonchev–Trinajstić information content (AvgIpc) is 2.37. The third-order valence-corrected chi connectivity index (χ3v) is 3.10. The number of aromatic amines is 1. The fourth-order valence-corrected chi connectivity index (χ4v) is 1.84. The smallest absolute Gasteiger partial charge is 0.265 e. The van der Waals surface area contributed by atoms with Crippen LogP contribution in [0.2, 0.25) is 0 Å². The first-order valence-corrected chi connectivity index (χ1v) is 6.60. The van der Waals surface area contributed by atoms with E-state index in [4.69, 9.17) is 12.2 Å². The van der Waals surface area contributed by atoms with E-state index in [1.54, 1.807) is 6.21 Å². The average molecular weight is 288 g/mol. The van der Waals surface area contributed by atoms with Crippen LogP contribution in [0.25, 0.3) is 0 Å². The van der Waals surface area contributed by atoms with Gasteiger partial charge in [-0.3, -0.25) is 9.89 Å². The standard InChI is InChI=1S/C14H16N4OS/c1-14(2,3)11-6-4-10(5-7-11)8-16-18-12(19)9-15-17-13(18)20/h4-9H,1-3H3,(H,17,20)/b16-8-. The van der Waals surface area contributed by atoms with Gasteiger partial charge in [-0.1, -0.05) is 45.0 Å². The molecule has 1 aromatic carbocycles. The van der Waals surface area contributed by atoms with Crippen molar-refractivity contribution in [2.45, 2.75) is 26.2 Å². The van der Waals surface area contributed by atoms with Gasteiger partial charge in [0.2, 0.25) is 4.77 Å². The zero-order valence-electron chi connectivity index (χ0n) is 11.6. The molecule has 1 aromatic heterocycles. The molecule has 0 amide bonds. The van der Waals surface area contributed by atoms with E-state index in [1.807, 2.05) is 12.1 Å². The Morgan fingerprint density at radius 2 is 1.95 bits per heavy atom. The van der Waals surface area contributed by atoms with Crippen molar-refractivity contribution in [3.63, 3.8) is 0 Å². The number of benzene rings is 1. The van der Waals surface area contributed by atoms with Gasteiger partial charge >= 0.3 is 0 Å². The molecule has 0 bridgehead atoms. The molecule has 1 heterocycles. The largest absolute Gasteiger partial charge is 0.293 e. The Labute approximate surface area is 122 Å². The number of hydrogen-bond donors (Lipinski definition) is 1. The minimum atomic E-state index is -0.365. The van der Waals surface area contributed by atoms with E-state index in [-0.39, 0.29) is 15.7 Å². The van der Waals surface area contributed by atoms with Crippen LogP contribution in [0.1, 0.15) is 31.9 Å². The zero-order valence-corrected chi connectivity index (χ0v) is 12.4. The molecule has 0 aliphatic rings. The molecule has 5 nitrogen and oxygen atoms in total. The highest BCUT2D eigenvalue weighted by Gasteiger charge is 2.12. The summed E-state index contributed by atoms with van der Waals surface area (Å²) in [5.74, 6) is 0. The number of hydrogen-bond acceptors (Lipinski definition) is 4. The summed E-state index contributed by atoms with van der Waals surface area (Å²) in [5.41, 5.74) is 1.89. The first-order valence-electron chi connectivity index (χ1n) is 6.19. The summed E-state index contributed by atoms with van der Waals surface area (Å²) in [6, 6.07) is 8.03. The highest BCUT2D eigenvalue weighted by molar-refractivity contribution is 7.71. The summed E-state index contributed by atoms with van der Waals surface area (Å²) in [6.45, 7) is 6.48. The highest BCUT2D eigenvalue weighted by Crippen LogP contribution is 2.21. The molecule has 0 saturated carbocycles. The van der Waals surface area contributed by atoms with Crippen LogP contribution >= 0.6 is 12.2 Å². The summed E-state index contributed by atoms with van der Waals surface area (Å²) in [7, 11) is 0. The van der Waals surface area contributed by atoms with Crippen molar-refractivity contribution in [2.24, 2.45) is 5.10 Å². The number of H-pyrrole nitrogens is 1. The maximum absolute atomic E-state index is 11.5. The van der Waals surface area contributed by atoms with Crippen molar-refractivity contribution in [3.8, 4) is 0 Å². The van der Waals surface area contributed by atoms with Crippen molar-refractivity contribution in [1.82, 2.24) is 14.9 Å². The molecule has 0 saturated heterocycles. The van der Waals surface area contributed by atoms with E-state index in [0.717, 1.165) is 16.4 Å². The van der Waals surface area contributed by atoms with E-state index in [2.05, 4.69) is 48.2 Å². The van der Waals surface area contributed by atoms with Crippen LogP contribution in [-0.4, -0.2) is 21.1 Å². The molecule has 0 radical (unpaired) electrons. The molecule has 0 aliphatic heterocycles. The van der Waals surface area contributed by atoms with Crippen LogP contribution in [0.15, 0.2) is 40.4 Å². The number of rotatable bonds is 2. The maximum Gasteiger partial charge on any atom is 0.293 e. The Balaban J connectivity index is 2.29. The molecule has 2 rings (SSSR count). The summed E-state index contributed by atoms with van der Waals surface area (Å²) < 4.78 is 1.26. The molecular formula is C14H16N4OS. The predicted molar refractivity (Wildman–Crippen MR) is 81.8 cm³/mol. The molecular weight excluding hydrogens is 272 g/mol. The second-order valence-corrected chi connectivity index (χ2v) is 5.83. The van der Waals surface area contributed by atoms with E-state index in [0.29, 0.717) is 0 Å². The molecule has 0 atom stereocenters. The third-order valence-electron chi connectivity index (χ3n) is 2.84. The molecule has 6 heteroatoms. The van der Waals surface area contributed by atoms with Gasteiger partial charge in [0.25, 0.3) is 5.56 Å². The summed E-state index contributed by atoms with van der Waals surface area (Å²) in [4.78, 5) is 11.5. The van der Waals surface area contributed by atoms with Crippen LogP contribution in [0, 0.1) is 4.77 Å². The molecule has 0 spiro atoms. The van der Waals surface area contributed by atoms with Crippen LogP contribution in [0.4, 0.5) is 0 Å². The second kappa shape index (κ2) is 5.50. The lowest BCUT2D eigenvalue weighted by atomic mass is 9.87. The van der Waals surface area contributed by atoms with Gasteiger partial charge in [-0.15, -0.1) is 0 Å². The first kappa shape index (κ1) is 14.3. The van der Waals surface area contributed by atoms with Crippen LogP contribution in [0.3, 0.4) is 0 Å². The fraction of sp³-hybridized carbons (Fsp3) is 0.286. The molecule has 0 fully saturated rings. The van der Waals surface area contributed by atoms with Gasteiger partial charge in [-0.25, -0.2) is 0 Å². The van der Waals surface area contributed by atoms with E-state index in [9.17, 15) is 4.79 Å². The van der Waals surface area contributed by atoms with Crippen LogP contribution < -0.4 is 5.56 Å². The van der Waals surface area contributed by atoms with Gasteiger partial charge in [0, 0.05) is 0 Å². The Morgan fingerprint density at radius 3 is 2.50 bits per heavy atom. The van der Waals surface area contributed by atoms with Gasteiger partial charge < -0.3 is 0 Å². The number of nitrogens with zero attached hydrogens (tertiary/aromatic N) is 3. The quantitative estimate of drug-likeness (QED) is 0.682. The predicted octanol–water partition coefficient (Wildman–Crippen LogP) is 2.48. The Bertz CT molecular complexity index is 707. The maximum atomic E-state index is 11.5. The van der Waals surface area contributed by atoms with Crippen LogP contribution in [0.5, 0.6) is 0 Å². The molecule has 0 unspecified atom stereocenters. The summed E-state index contributed by atoms with van der Waals surface area (Å²) in [5, 5.41) is 10.2. The number of aromatic nitrogens is 3. The highest BCUT2D eigenvalue weighted by atomic mass is 32.1. The van der Waals surface area contributed by atoms with Crippen molar-refractivity contribution < 1.29 is 0 Å². The van der Waals surface area contributed by atoms with Gasteiger partial charge in [0.05, 0.1) is 6.21 Å². The SMILES string of the molecule is CC(C)(C)c1ccc(/C=N\n2c(=O)cn[nH]c2=S)cc1. The van der Waals surface area contributed by atoms with Gasteiger partial charge in [-0.2, -0.15) is 14.9 Å². The van der Waals surface area contributed by atoms with Gasteiger partial charge in [0.1, 0.15) is 6.20 Å². The molecule has 20 heavy (non-hydrogen) atoms. The normalized spacial score (nSPS) is 11.9. The topological polar surface area (TPSA) is 63.0 Å². The van der Waals surface area contributed by atoms with Crippen molar-refractivity contribution >= 4 is 18.4 Å². The Hall–Kier alpha value is -2.08. The third kappa shape index (κ3) is 3.27. The lowest BCUT2D eigenvalue weighted by Crippen LogP contribution is -2.18. The van der Waals surface area contributed by atoms with E-state index >= 15 is 0 Å². The fourth-order valence-electron chi connectivity index (χ4n) is 1.65. The Morgan fingerprint density at radius 1 is 1.30 bits per heavy atom. The molecule has 104 valence electrons.